The first-order chi connectivity index (χ1) is 5.85. The summed E-state index contributed by atoms with van der Waals surface area (Å²) in [7, 11) is -0.878. The van der Waals surface area contributed by atoms with Gasteiger partial charge in [0.15, 0.2) is 8.38 Å². The van der Waals surface area contributed by atoms with Crippen molar-refractivity contribution < 1.29 is 13.8 Å². The Kier molecular flexibility index (Phi) is 8.90. The molecule has 0 N–H and O–H groups in total. The maximum Gasteiger partial charge on any atom is 0.200 e. The Labute approximate surface area is 75.6 Å². The molecular formula is C8H17O3P. The average Bonchev–Trinajstić information content (AvgIpc) is 2.06. The van der Waals surface area contributed by atoms with Crippen molar-refractivity contribution in [3.63, 3.8) is 0 Å². The SMILES string of the molecule is CCOC=CP(OCC)OCC. The Morgan fingerprint density at radius 2 is 1.58 bits per heavy atom. The fraction of sp³-hybridized carbons (Fsp3) is 0.750. The van der Waals surface area contributed by atoms with Crippen molar-refractivity contribution in [2.75, 3.05) is 19.8 Å². The Morgan fingerprint density at radius 3 is 2.00 bits per heavy atom. The lowest BCUT2D eigenvalue weighted by molar-refractivity contribution is 0.262. The van der Waals surface area contributed by atoms with E-state index in [2.05, 4.69) is 0 Å². The summed E-state index contributed by atoms with van der Waals surface area (Å²) in [6, 6.07) is 0. The van der Waals surface area contributed by atoms with E-state index in [-0.39, 0.29) is 0 Å². The molecule has 0 spiro atoms. The topological polar surface area (TPSA) is 27.7 Å². The van der Waals surface area contributed by atoms with Gasteiger partial charge in [0.05, 0.1) is 26.1 Å². The van der Waals surface area contributed by atoms with Crippen molar-refractivity contribution in [2.45, 2.75) is 20.8 Å². The van der Waals surface area contributed by atoms with Crippen LogP contribution in [0.1, 0.15) is 20.8 Å². The predicted molar refractivity (Wildman–Crippen MR) is 50.9 cm³/mol. The molecule has 12 heavy (non-hydrogen) atoms. The van der Waals surface area contributed by atoms with Gasteiger partial charge in [0.25, 0.3) is 0 Å². The lowest BCUT2D eigenvalue weighted by Gasteiger charge is -2.10. The summed E-state index contributed by atoms with van der Waals surface area (Å²) in [5, 5.41) is 0. The minimum Gasteiger partial charge on any atom is -0.501 e. The molecule has 72 valence electrons. The third-order valence-electron chi connectivity index (χ3n) is 0.958. The number of hydrogen-bond donors (Lipinski definition) is 0. The molecule has 0 radical (unpaired) electrons. The van der Waals surface area contributed by atoms with Gasteiger partial charge in [-0.25, -0.2) is 0 Å². The lowest BCUT2D eigenvalue weighted by atomic mass is 10.9. The number of rotatable bonds is 7. The van der Waals surface area contributed by atoms with Gasteiger partial charge in [-0.05, 0) is 20.8 Å². The predicted octanol–water partition coefficient (Wildman–Crippen LogP) is 2.88. The van der Waals surface area contributed by atoms with Crippen molar-refractivity contribution in [3.8, 4) is 0 Å². The summed E-state index contributed by atoms with van der Waals surface area (Å²) in [5.41, 5.74) is 0. The van der Waals surface area contributed by atoms with E-state index in [1.165, 1.54) is 0 Å². The maximum absolute atomic E-state index is 5.30. The third kappa shape index (κ3) is 6.59. The van der Waals surface area contributed by atoms with E-state index in [9.17, 15) is 0 Å². The largest absolute Gasteiger partial charge is 0.501 e. The van der Waals surface area contributed by atoms with Gasteiger partial charge in [-0.3, -0.25) is 0 Å². The van der Waals surface area contributed by atoms with Gasteiger partial charge in [0.2, 0.25) is 0 Å². The zero-order chi connectivity index (χ0) is 9.23. The van der Waals surface area contributed by atoms with Gasteiger partial charge >= 0.3 is 0 Å². The number of ether oxygens (including phenoxy) is 1. The van der Waals surface area contributed by atoms with Crippen LogP contribution in [-0.2, 0) is 13.8 Å². The van der Waals surface area contributed by atoms with Crippen molar-refractivity contribution in [3.05, 3.63) is 12.1 Å². The van der Waals surface area contributed by atoms with Gasteiger partial charge in [0.1, 0.15) is 0 Å². The molecule has 0 amide bonds. The first-order valence-corrected chi connectivity index (χ1v) is 5.43. The van der Waals surface area contributed by atoms with Gasteiger partial charge in [-0.1, -0.05) is 0 Å². The second kappa shape index (κ2) is 8.98. The second-order valence-electron chi connectivity index (χ2n) is 1.86. The lowest BCUT2D eigenvalue weighted by Crippen LogP contribution is -1.88. The molecule has 0 rings (SSSR count). The van der Waals surface area contributed by atoms with Crippen molar-refractivity contribution in [1.29, 1.82) is 0 Å². The molecule has 0 aliphatic heterocycles. The van der Waals surface area contributed by atoms with Gasteiger partial charge in [-0.2, -0.15) is 0 Å². The molecule has 0 saturated heterocycles. The first-order valence-electron chi connectivity index (χ1n) is 4.18. The maximum atomic E-state index is 5.30. The second-order valence-corrected chi connectivity index (χ2v) is 3.25. The fourth-order valence-electron chi connectivity index (χ4n) is 0.567. The van der Waals surface area contributed by atoms with Gasteiger partial charge in [-0.15, -0.1) is 0 Å². The minimum atomic E-state index is -0.878. The quantitative estimate of drug-likeness (QED) is 0.458. The highest BCUT2D eigenvalue weighted by Gasteiger charge is 2.02. The van der Waals surface area contributed by atoms with Crippen molar-refractivity contribution in [1.82, 2.24) is 0 Å². The van der Waals surface area contributed by atoms with Crippen LogP contribution >= 0.6 is 8.38 Å². The molecule has 0 aromatic carbocycles. The summed E-state index contributed by atoms with van der Waals surface area (Å²) in [5.74, 6) is 1.83. The zero-order valence-electron chi connectivity index (χ0n) is 7.95. The van der Waals surface area contributed by atoms with E-state index in [0.717, 1.165) is 0 Å². The molecule has 0 bridgehead atoms. The average molecular weight is 192 g/mol. The Bertz CT molecular complexity index is 111. The molecular weight excluding hydrogens is 175 g/mol. The summed E-state index contributed by atoms with van der Waals surface area (Å²) in [6.45, 7) is 7.85. The van der Waals surface area contributed by atoms with Crippen molar-refractivity contribution >= 4 is 8.38 Å². The Morgan fingerprint density at radius 1 is 1.00 bits per heavy atom. The van der Waals surface area contributed by atoms with E-state index >= 15 is 0 Å². The highest BCUT2D eigenvalue weighted by Crippen LogP contribution is 2.39. The van der Waals surface area contributed by atoms with E-state index < -0.39 is 8.38 Å². The van der Waals surface area contributed by atoms with Crippen LogP contribution in [0, 0.1) is 0 Å². The minimum absolute atomic E-state index is 0.669. The summed E-state index contributed by atoms with van der Waals surface area (Å²) in [4.78, 5) is 0. The monoisotopic (exact) mass is 192 g/mol. The molecule has 0 heterocycles. The van der Waals surface area contributed by atoms with E-state index in [4.69, 9.17) is 13.8 Å². The first kappa shape index (κ1) is 11.9. The van der Waals surface area contributed by atoms with Crippen LogP contribution in [0.4, 0.5) is 0 Å². The Balaban J connectivity index is 3.60. The highest BCUT2D eigenvalue weighted by molar-refractivity contribution is 7.50. The van der Waals surface area contributed by atoms with E-state index in [1.54, 1.807) is 6.26 Å². The van der Waals surface area contributed by atoms with Crippen LogP contribution in [0.25, 0.3) is 0 Å². The van der Waals surface area contributed by atoms with Crippen LogP contribution in [0.5, 0.6) is 0 Å². The molecule has 0 saturated carbocycles. The summed E-state index contributed by atoms with van der Waals surface area (Å²) in [6.07, 6.45) is 1.64. The van der Waals surface area contributed by atoms with Crippen molar-refractivity contribution in [2.24, 2.45) is 0 Å². The van der Waals surface area contributed by atoms with Crippen LogP contribution < -0.4 is 0 Å². The molecule has 0 aromatic heterocycles. The van der Waals surface area contributed by atoms with Gasteiger partial charge < -0.3 is 13.8 Å². The highest BCUT2D eigenvalue weighted by atomic mass is 31.2. The van der Waals surface area contributed by atoms with Gasteiger partial charge in [0, 0.05) is 5.82 Å². The molecule has 3 nitrogen and oxygen atoms in total. The smallest absolute Gasteiger partial charge is 0.200 e. The van der Waals surface area contributed by atoms with Crippen LogP contribution in [0.15, 0.2) is 12.1 Å². The Hall–Kier alpha value is -0.110. The summed E-state index contributed by atoms with van der Waals surface area (Å²) < 4.78 is 15.6. The summed E-state index contributed by atoms with van der Waals surface area (Å²) >= 11 is 0. The molecule has 0 aliphatic rings. The molecule has 0 atom stereocenters. The zero-order valence-corrected chi connectivity index (χ0v) is 8.84. The van der Waals surface area contributed by atoms with Crippen LogP contribution in [0.3, 0.4) is 0 Å². The van der Waals surface area contributed by atoms with Crippen LogP contribution in [0.2, 0.25) is 0 Å². The normalized spacial score (nSPS) is 11.3. The fourth-order valence-corrected chi connectivity index (χ4v) is 1.51. The molecule has 0 aliphatic carbocycles. The molecule has 4 heteroatoms. The van der Waals surface area contributed by atoms with Crippen LogP contribution in [-0.4, -0.2) is 19.8 Å². The number of hydrogen-bond acceptors (Lipinski definition) is 3. The molecule has 0 fully saturated rings. The van der Waals surface area contributed by atoms with E-state index in [1.807, 2.05) is 26.6 Å². The van der Waals surface area contributed by atoms with E-state index in [0.29, 0.717) is 19.8 Å². The third-order valence-corrected chi connectivity index (χ3v) is 2.35. The molecule has 0 unspecified atom stereocenters. The molecule has 0 aromatic rings. The standard InChI is InChI=1S/C8H17O3P/c1-4-9-7-8-12(10-5-2)11-6-3/h7-8H,4-6H2,1-3H3.